The summed E-state index contributed by atoms with van der Waals surface area (Å²) in [7, 11) is 0. The molecule has 168 valence electrons. The van der Waals surface area contributed by atoms with Crippen LogP contribution in [-0.4, -0.2) is 48.6 Å². The number of hydrogen-bond donors (Lipinski definition) is 0. The summed E-state index contributed by atoms with van der Waals surface area (Å²) in [5, 5.41) is 0.715. The van der Waals surface area contributed by atoms with Crippen molar-refractivity contribution in [3.63, 3.8) is 0 Å². The van der Waals surface area contributed by atoms with Crippen LogP contribution < -0.4 is 9.64 Å². The Balaban J connectivity index is 0.00000341. The lowest BCUT2D eigenvalue weighted by Gasteiger charge is -2.25. The number of benzene rings is 2. The molecular weight excluding hydrogens is 430 g/mol. The molecule has 0 saturated carbocycles. The van der Waals surface area contributed by atoms with E-state index in [1.807, 2.05) is 55.1 Å². The second-order valence-electron chi connectivity index (χ2n) is 7.32. The van der Waals surface area contributed by atoms with Gasteiger partial charge in [0.05, 0.1) is 11.3 Å². The van der Waals surface area contributed by atoms with Crippen molar-refractivity contribution in [3.8, 4) is 5.75 Å². The van der Waals surface area contributed by atoms with E-state index < -0.39 is 0 Å². The van der Waals surface area contributed by atoms with E-state index in [9.17, 15) is 4.79 Å². The van der Waals surface area contributed by atoms with Crippen molar-refractivity contribution in [1.29, 1.82) is 0 Å². The number of likely N-dealkylation sites (N-methyl/N-ethyl adjacent to an activating group) is 1. The maximum Gasteiger partial charge on any atom is 0.260 e. The molecule has 2 aromatic carbocycles. The van der Waals surface area contributed by atoms with Crippen molar-refractivity contribution in [2.24, 2.45) is 0 Å². The van der Waals surface area contributed by atoms with Crippen molar-refractivity contribution in [2.45, 2.75) is 34.6 Å². The molecule has 1 aromatic heterocycles. The summed E-state index contributed by atoms with van der Waals surface area (Å²) in [4.78, 5) is 22.5. The average molecular weight is 462 g/mol. The minimum absolute atomic E-state index is 0. The third-order valence-electron chi connectivity index (χ3n) is 5.43. The molecule has 0 N–H and O–H groups in total. The fourth-order valence-corrected chi connectivity index (χ4v) is 4.40. The van der Waals surface area contributed by atoms with Gasteiger partial charge in [0.25, 0.3) is 5.91 Å². The Bertz CT molecular complexity index is 1020. The molecule has 5 nitrogen and oxygen atoms in total. The van der Waals surface area contributed by atoms with E-state index in [1.54, 1.807) is 0 Å². The fourth-order valence-electron chi connectivity index (χ4n) is 3.39. The maximum atomic E-state index is 13.5. The van der Waals surface area contributed by atoms with Gasteiger partial charge in [0, 0.05) is 18.7 Å². The monoisotopic (exact) mass is 461 g/mol. The molecule has 0 fully saturated rings. The summed E-state index contributed by atoms with van der Waals surface area (Å²) in [6, 6.07) is 11.8. The van der Waals surface area contributed by atoms with E-state index in [0.717, 1.165) is 41.2 Å². The minimum atomic E-state index is -0.0118. The Morgan fingerprint density at radius 3 is 2.42 bits per heavy atom. The molecule has 31 heavy (non-hydrogen) atoms. The first-order valence-corrected chi connectivity index (χ1v) is 11.4. The molecule has 0 saturated heterocycles. The van der Waals surface area contributed by atoms with Crippen LogP contribution in [0.1, 0.15) is 42.3 Å². The highest BCUT2D eigenvalue weighted by atomic mass is 35.5. The Morgan fingerprint density at radius 1 is 1.03 bits per heavy atom. The van der Waals surface area contributed by atoms with Crippen LogP contribution in [0.25, 0.3) is 10.2 Å². The molecule has 0 radical (unpaired) electrons. The standard InChI is InChI=1S/C24H31N3O2S.ClH/c1-6-26(7-2)14-15-27(23(28)19-13-12-17(4)18(5)16-19)24-25-22-20(29-8-3)10-9-11-21(22)30-24;/h9-13,16H,6-8,14-15H2,1-5H3;1H. The maximum absolute atomic E-state index is 13.5. The van der Waals surface area contributed by atoms with E-state index in [4.69, 9.17) is 9.72 Å². The summed E-state index contributed by atoms with van der Waals surface area (Å²) in [5.74, 6) is 0.752. The van der Waals surface area contributed by atoms with Gasteiger partial charge in [-0.2, -0.15) is 0 Å². The third kappa shape index (κ3) is 5.76. The fraction of sp³-hybridized carbons (Fsp3) is 0.417. The number of carbonyl (C=O) groups excluding carboxylic acids is 1. The highest BCUT2D eigenvalue weighted by Gasteiger charge is 2.23. The van der Waals surface area contributed by atoms with Crippen LogP contribution >= 0.6 is 23.7 Å². The molecule has 3 aromatic rings. The van der Waals surface area contributed by atoms with Gasteiger partial charge in [-0.05, 0) is 69.3 Å². The van der Waals surface area contributed by atoms with Gasteiger partial charge in [-0.25, -0.2) is 4.98 Å². The number of amides is 1. The zero-order valence-corrected chi connectivity index (χ0v) is 20.6. The number of anilines is 1. The first-order chi connectivity index (χ1) is 14.5. The summed E-state index contributed by atoms with van der Waals surface area (Å²) in [6.07, 6.45) is 0. The first kappa shape index (κ1) is 25.1. The molecule has 3 rings (SSSR count). The summed E-state index contributed by atoms with van der Waals surface area (Å²) in [5.41, 5.74) is 3.82. The van der Waals surface area contributed by atoms with Crippen LogP contribution in [0.5, 0.6) is 5.75 Å². The number of aryl methyl sites for hydroxylation is 2. The second-order valence-corrected chi connectivity index (χ2v) is 8.32. The Labute approximate surface area is 195 Å². The normalized spacial score (nSPS) is 10.9. The number of rotatable bonds is 9. The third-order valence-corrected chi connectivity index (χ3v) is 6.48. The smallest absolute Gasteiger partial charge is 0.260 e. The van der Waals surface area contributed by atoms with Crippen LogP contribution in [0.3, 0.4) is 0 Å². The number of nitrogens with zero attached hydrogens (tertiary/aromatic N) is 3. The van der Waals surface area contributed by atoms with Gasteiger partial charge < -0.3 is 9.64 Å². The molecule has 0 aliphatic heterocycles. The number of carbonyl (C=O) groups is 1. The highest BCUT2D eigenvalue weighted by molar-refractivity contribution is 7.22. The molecule has 0 atom stereocenters. The number of ether oxygens (including phenoxy) is 1. The largest absolute Gasteiger partial charge is 0.492 e. The highest BCUT2D eigenvalue weighted by Crippen LogP contribution is 2.34. The van der Waals surface area contributed by atoms with Crippen molar-refractivity contribution in [3.05, 3.63) is 53.1 Å². The quantitative estimate of drug-likeness (QED) is 0.408. The number of halogens is 1. The van der Waals surface area contributed by atoms with Gasteiger partial charge in [0.1, 0.15) is 11.3 Å². The topological polar surface area (TPSA) is 45.7 Å². The Hall–Kier alpha value is -2.15. The zero-order chi connectivity index (χ0) is 21.7. The molecule has 0 aliphatic carbocycles. The molecular formula is C24H32ClN3O2S. The molecule has 0 aliphatic rings. The molecule has 7 heteroatoms. The lowest BCUT2D eigenvalue weighted by molar-refractivity contribution is 0.0983. The van der Waals surface area contributed by atoms with E-state index >= 15 is 0 Å². The van der Waals surface area contributed by atoms with Crippen LogP contribution in [0.2, 0.25) is 0 Å². The minimum Gasteiger partial charge on any atom is -0.492 e. The van der Waals surface area contributed by atoms with Crippen LogP contribution in [0.4, 0.5) is 5.13 Å². The molecule has 1 heterocycles. The summed E-state index contributed by atoms with van der Waals surface area (Å²) in [6.45, 7) is 14.2. The number of hydrogen-bond acceptors (Lipinski definition) is 5. The number of thiazole rings is 1. The van der Waals surface area contributed by atoms with Crippen molar-refractivity contribution < 1.29 is 9.53 Å². The molecule has 0 unspecified atom stereocenters. The molecule has 0 spiro atoms. The van der Waals surface area contributed by atoms with Crippen molar-refractivity contribution in [1.82, 2.24) is 9.88 Å². The van der Waals surface area contributed by atoms with E-state index in [1.165, 1.54) is 16.9 Å². The number of para-hydroxylation sites is 1. The van der Waals surface area contributed by atoms with E-state index in [2.05, 4.69) is 25.7 Å². The zero-order valence-electron chi connectivity index (χ0n) is 19.0. The van der Waals surface area contributed by atoms with Crippen LogP contribution in [0, 0.1) is 13.8 Å². The predicted molar refractivity (Wildman–Crippen MR) is 133 cm³/mol. The average Bonchev–Trinajstić information content (AvgIpc) is 3.18. The van der Waals surface area contributed by atoms with E-state index in [0.29, 0.717) is 23.8 Å². The lowest BCUT2D eigenvalue weighted by Crippen LogP contribution is -2.38. The van der Waals surface area contributed by atoms with Gasteiger partial charge in [-0.1, -0.05) is 37.3 Å². The second kappa shape index (κ2) is 11.5. The first-order valence-electron chi connectivity index (χ1n) is 10.6. The lowest BCUT2D eigenvalue weighted by atomic mass is 10.1. The van der Waals surface area contributed by atoms with Gasteiger partial charge in [-0.15, -0.1) is 12.4 Å². The van der Waals surface area contributed by atoms with Crippen molar-refractivity contribution in [2.75, 3.05) is 37.7 Å². The Morgan fingerprint density at radius 2 is 1.77 bits per heavy atom. The van der Waals surface area contributed by atoms with Gasteiger partial charge in [0.2, 0.25) is 0 Å². The number of fused-ring (bicyclic) bond motifs is 1. The SMILES string of the molecule is CCOc1cccc2sc(N(CCN(CC)CC)C(=O)c3ccc(C)c(C)c3)nc12.Cl. The molecule has 0 bridgehead atoms. The predicted octanol–water partition coefficient (Wildman–Crippen LogP) is 5.72. The summed E-state index contributed by atoms with van der Waals surface area (Å²) >= 11 is 1.54. The Kier molecular flexibility index (Phi) is 9.29. The van der Waals surface area contributed by atoms with Gasteiger partial charge >= 0.3 is 0 Å². The van der Waals surface area contributed by atoms with Crippen LogP contribution in [-0.2, 0) is 0 Å². The molecule has 1 amide bonds. The number of aromatic nitrogens is 1. The van der Waals surface area contributed by atoms with Crippen molar-refractivity contribution >= 4 is 45.0 Å². The summed E-state index contributed by atoms with van der Waals surface area (Å²) < 4.78 is 6.78. The van der Waals surface area contributed by atoms with Gasteiger partial charge in [-0.3, -0.25) is 9.69 Å². The van der Waals surface area contributed by atoms with Gasteiger partial charge in [0.15, 0.2) is 5.13 Å². The van der Waals surface area contributed by atoms with E-state index in [-0.39, 0.29) is 18.3 Å². The van der Waals surface area contributed by atoms with Crippen LogP contribution in [0.15, 0.2) is 36.4 Å².